The molecule has 20 heavy (non-hydrogen) atoms. The van der Waals surface area contributed by atoms with Crippen molar-refractivity contribution in [1.29, 1.82) is 0 Å². The number of terminal acetylenes is 1. The van der Waals surface area contributed by atoms with Gasteiger partial charge in [0, 0.05) is 31.7 Å². The molecule has 0 aliphatic heterocycles. The molecular formula is C15H31IN4. The molecule has 0 saturated carbocycles. The molecule has 4 nitrogen and oxygen atoms in total. The Morgan fingerprint density at radius 1 is 1.20 bits per heavy atom. The van der Waals surface area contributed by atoms with Gasteiger partial charge in [-0.05, 0) is 41.0 Å². The molecular weight excluding hydrogens is 363 g/mol. The van der Waals surface area contributed by atoms with E-state index in [2.05, 4.69) is 54.1 Å². The second-order valence-corrected chi connectivity index (χ2v) is 5.10. The molecule has 0 aliphatic rings. The third-order valence-corrected chi connectivity index (χ3v) is 2.87. The summed E-state index contributed by atoms with van der Waals surface area (Å²) < 4.78 is 0. The largest absolute Gasteiger partial charge is 0.357 e. The van der Waals surface area contributed by atoms with Crippen LogP contribution in [0.1, 0.15) is 41.0 Å². The molecule has 0 spiro atoms. The van der Waals surface area contributed by atoms with Crippen molar-refractivity contribution in [2.75, 3.05) is 26.2 Å². The van der Waals surface area contributed by atoms with Crippen LogP contribution in [0.4, 0.5) is 0 Å². The molecule has 118 valence electrons. The average Bonchev–Trinajstić information content (AvgIpc) is 2.34. The molecule has 0 atom stereocenters. The van der Waals surface area contributed by atoms with Crippen molar-refractivity contribution >= 4 is 29.9 Å². The highest BCUT2D eigenvalue weighted by molar-refractivity contribution is 14.0. The second-order valence-electron chi connectivity index (χ2n) is 5.10. The Labute approximate surface area is 142 Å². The highest BCUT2D eigenvalue weighted by Crippen LogP contribution is 2.05. The van der Waals surface area contributed by atoms with E-state index in [-0.39, 0.29) is 24.0 Å². The van der Waals surface area contributed by atoms with Gasteiger partial charge in [-0.25, -0.2) is 0 Å². The van der Waals surface area contributed by atoms with Crippen LogP contribution in [0.2, 0.25) is 0 Å². The molecule has 0 aliphatic carbocycles. The van der Waals surface area contributed by atoms with E-state index in [1.54, 1.807) is 0 Å². The van der Waals surface area contributed by atoms with Gasteiger partial charge in [0.15, 0.2) is 5.96 Å². The fourth-order valence-electron chi connectivity index (χ4n) is 2.03. The van der Waals surface area contributed by atoms with Gasteiger partial charge in [0.05, 0.1) is 6.54 Å². The maximum absolute atomic E-state index is 5.23. The molecule has 0 fully saturated rings. The molecule has 0 rings (SSSR count). The zero-order valence-corrected chi connectivity index (χ0v) is 15.9. The summed E-state index contributed by atoms with van der Waals surface area (Å²) in [5.41, 5.74) is 0. The van der Waals surface area contributed by atoms with Crippen molar-refractivity contribution in [2.24, 2.45) is 4.99 Å². The van der Waals surface area contributed by atoms with Gasteiger partial charge in [-0.15, -0.1) is 30.4 Å². The van der Waals surface area contributed by atoms with Crippen LogP contribution >= 0.6 is 24.0 Å². The lowest BCUT2D eigenvalue weighted by Gasteiger charge is -2.30. The highest BCUT2D eigenvalue weighted by atomic mass is 127. The van der Waals surface area contributed by atoms with Crippen LogP contribution in [0, 0.1) is 12.3 Å². The van der Waals surface area contributed by atoms with E-state index in [0.717, 1.165) is 32.0 Å². The van der Waals surface area contributed by atoms with Crippen molar-refractivity contribution in [3.05, 3.63) is 0 Å². The van der Waals surface area contributed by atoms with Crippen LogP contribution in [0.15, 0.2) is 4.99 Å². The predicted octanol–water partition coefficient (Wildman–Crippen LogP) is 2.30. The lowest BCUT2D eigenvalue weighted by molar-refractivity contribution is 0.174. The van der Waals surface area contributed by atoms with E-state index in [4.69, 9.17) is 6.42 Å². The normalized spacial score (nSPS) is 11.4. The second kappa shape index (κ2) is 13.5. The summed E-state index contributed by atoms with van der Waals surface area (Å²) in [7, 11) is 0. The molecule has 0 saturated heterocycles. The molecule has 0 heterocycles. The van der Waals surface area contributed by atoms with Crippen molar-refractivity contribution in [3.8, 4) is 12.3 Å². The smallest absolute Gasteiger partial charge is 0.192 e. The minimum absolute atomic E-state index is 0. The Balaban J connectivity index is 0. The zero-order chi connectivity index (χ0) is 14.7. The number of aliphatic imine (C=N–C) groups is 1. The first-order valence-corrected chi connectivity index (χ1v) is 7.24. The van der Waals surface area contributed by atoms with Gasteiger partial charge in [0.2, 0.25) is 0 Å². The van der Waals surface area contributed by atoms with Crippen LogP contribution in [0.3, 0.4) is 0 Å². The SMILES string of the molecule is C#CCNC(=NCCCN(C(C)C)C(C)C)NCC.I. The summed E-state index contributed by atoms with van der Waals surface area (Å²) in [5, 5.41) is 6.27. The Morgan fingerprint density at radius 2 is 1.80 bits per heavy atom. The summed E-state index contributed by atoms with van der Waals surface area (Å²) in [5.74, 6) is 3.36. The topological polar surface area (TPSA) is 39.7 Å². The molecule has 0 aromatic heterocycles. The monoisotopic (exact) mass is 394 g/mol. The van der Waals surface area contributed by atoms with Gasteiger partial charge >= 0.3 is 0 Å². The summed E-state index contributed by atoms with van der Waals surface area (Å²) in [6, 6.07) is 1.16. The van der Waals surface area contributed by atoms with Gasteiger partial charge in [-0.2, -0.15) is 0 Å². The Morgan fingerprint density at radius 3 is 2.25 bits per heavy atom. The first kappa shape index (κ1) is 21.8. The van der Waals surface area contributed by atoms with E-state index in [9.17, 15) is 0 Å². The lowest BCUT2D eigenvalue weighted by atomic mass is 10.2. The Bertz CT molecular complexity index is 287. The highest BCUT2D eigenvalue weighted by Gasteiger charge is 2.11. The van der Waals surface area contributed by atoms with Gasteiger partial charge in [0.25, 0.3) is 0 Å². The van der Waals surface area contributed by atoms with Gasteiger partial charge in [-0.3, -0.25) is 9.89 Å². The summed E-state index contributed by atoms with van der Waals surface area (Å²) in [6.07, 6.45) is 6.29. The molecule has 0 amide bonds. The Kier molecular flexibility index (Phi) is 14.7. The van der Waals surface area contributed by atoms with Crippen molar-refractivity contribution in [3.63, 3.8) is 0 Å². The van der Waals surface area contributed by atoms with Crippen molar-refractivity contribution in [2.45, 2.75) is 53.1 Å². The van der Waals surface area contributed by atoms with E-state index in [0.29, 0.717) is 18.6 Å². The fourth-order valence-corrected chi connectivity index (χ4v) is 2.03. The van der Waals surface area contributed by atoms with Crippen molar-refractivity contribution < 1.29 is 0 Å². The molecule has 2 N–H and O–H groups in total. The maximum atomic E-state index is 5.23. The van der Waals surface area contributed by atoms with Gasteiger partial charge < -0.3 is 10.6 Å². The van der Waals surface area contributed by atoms with Crippen LogP contribution in [0.25, 0.3) is 0 Å². The zero-order valence-electron chi connectivity index (χ0n) is 13.6. The van der Waals surface area contributed by atoms with Crippen LogP contribution in [-0.2, 0) is 0 Å². The number of halogens is 1. The summed E-state index contributed by atoms with van der Waals surface area (Å²) in [4.78, 5) is 7.00. The molecule has 0 bridgehead atoms. The number of hydrogen-bond donors (Lipinski definition) is 2. The molecule has 0 unspecified atom stereocenters. The van der Waals surface area contributed by atoms with Crippen LogP contribution in [-0.4, -0.2) is 49.1 Å². The number of hydrogen-bond acceptors (Lipinski definition) is 2. The average molecular weight is 394 g/mol. The fraction of sp³-hybridized carbons (Fsp3) is 0.800. The Hall–Kier alpha value is -0.480. The number of nitrogens with one attached hydrogen (secondary N) is 2. The number of rotatable bonds is 8. The quantitative estimate of drug-likeness (QED) is 0.218. The summed E-state index contributed by atoms with van der Waals surface area (Å²) in [6.45, 7) is 14.2. The third-order valence-electron chi connectivity index (χ3n) is 2.87. The molecule has 5 heteroatoms. The number of guanidine groups is 1. The minimum Gasteiger partial charge on any atom is -0.357 e. The van der Waals surface area contributed by atoms with E-state index in [1.165, 1.54) is 0 Å². The lowest BCUT2D eigenvalue weighted by Crippen LogP contribution is -2.39. The maximum Gasteiger partial charge on any atom is 0.192 e. The van der Waals surface area contributed by atoms with Crippen LogP contribution < -0.4 is 10.6 Å². The summed E-state index contributed by atoms with van der Waals surface area (Å²) >= 11 is 0. The molecule has 0 radical (unpaired) electrons. The third kappa shape index (κ3) is 10.3. The first-order chi connectivity index (χ1) is 9.02. The van der Waals surface area contributed by atoms with E-state index in [1.807, 2.05) is 6.92 Å². The molecule has 0 aromatic rings. The standard InChI is InChI=1S/C15H30N4.HI/c1-7-10-17-15(16-8-2)18-11-9-12-19(13(3)4)14(5)6;/h1,13-14H,8-12H2,2-6H3,(H2,16,17,18);1H. The first-order valence-electron chi connectivity index (χ1n) is 7.24. The van der Waals surface area contributed by atoms with Gasteiger partial charge in [0.1, 0.15) is 0 Å². The number of nitrogens with zero attached hydrogens (tertiary/aromatic N) is 2. The van der Waals surface area contributed by atoms with E-state index >= 15 is 0 Å². The predicted molar refractivity (Wildman–Crippen MR) is 99.8 cm³/mol. The van der Waals surface area contributed by atoms with Crippen molar-refractivity contribution in [1.82, 2.24) is 15.5 Å². The van der Waals surface area contributed by atoms with Crippen LogP contribution in [0.5, 0.6) is 0 Å². The molecule has 0 aromatic carbocycles. The van der Waals surface area contributed by atoms with Gasteiger partial charge in [-0.1, -0.05) is 5.92 Å². The van der Waals surface area contributed by atoms with E-state index < -0.39 is 0 Å². The minimum atomic E-state index is 0.